The number of aromatic nitrogens is 1. The molecule has 2 N–H and O–H groups in total. The zero-order chi connectivity index (χ0) is 8.81. The van der Waals surface area contributed by atoms with Crippen LogP contribution in [0.25, 0.3) is 0 Å². The summed E-state index contributed by atoms with van der Waals surface area (Å²) in [6, 6.07) is 1.60. The minimum absolute atomic E-state index is 0.473. The Kier molecular flexibility index (Phi) is 3.68. The smallest absolute Gasteiger partial charge is 0.151 e. The van der Waals surface area contributed by atoms with E-state index in [4.69, 9.17) is 0 Å². The minimum atomic E-state index is 0.473. The second-order valence-corrected chi connectivity index (χ2v) is 2.59. The Morgan fingerprint density at radius 1 is 1.58 bits per heavy atom. The molecule has 0 atom stereocenters. The maximum absolute atomic E-state index is 10.3. The monoisotopic (exact) mass is 186 g/mol. The van der Waals surface area contributed by atoms with Crippen molar-refractivity contribution in [2.45, 2.75) is 4.90 Å². The second-order valence-electron chi connectivity index (χ2n) is 1.82. The van der Waals surface area contributed by atoms with Gasteiger partial charge in [-0.25, -0.2) is 0 Å². The quantitative estimate of drug-likeness (QED) is 0.323. The summed E-state index contributed by atoms with van der Waals surface area (Å²) < 4.78 is 4.36. The predicted molar refractivity (Wildman–Crippen MR) is 41.8 cm³/mol. The van der Waals surface area contributed by atoms with Crippen molar-refractivity contribution in [2.75, 3.05) is 0 Å². The lowest BCUT2D eigenvalue weighted by Crippen LogP contribution is -1.94. The molecule has 1 rings (SSSR count). The fourth-order valence-corrected chi connectivity index (χ4v) is 1.01. The highest BCUT2D eigenvalue weighted by molar-refractivity contribution is 7.94. The van der Waals surface area contributed by atoms with E-state index >= 15 is 0 Å². The van der Waals surface area contributed by atoms with E-state index < -0.39 is 0 Å². The summed E-state index contributed by atoms with van der Waals surface area (Å²) in [6.07, 6.45) is 3.66. The first-order chi connectivity index (χ1) is 5.86. The van der Waals surface area contributed by atoms with Crippen molar-refractivity contribution in [1.82, 2.24) is 4.98 Å². The molecule has 0 fully saturated rings. The Bertz CT molecular complexity index is 269. The molecule has 0 unspecified atom stereocenters. The van der Waals surface area contributed by atoms with Crippen LogP contribution in [-0.2, 0) is 9.32 Å². The highest BCUT2D eigenvalue weighted by Crippen LogP contribution is 2.17. The zero-order valence-corrected chi connectivity index (χ0v) is 6.78. The Balaban J connectivity index is 2.66. The Morgan fingerprint density at radius 3 is 3.08 bits per heavy atom. The van der Waals surface area contributed by atoms with Gasteiger partial charge in [-0.15, -0.1) is 9.32 Å². The molecule has 0 aliphatic rings. The van der Waals surface area contributed by atoms with Gasteiger partial charge in [0.1, 0.15) is 0 Å². The number of rotatable bonds is 4. The third-order valence-corrected chi connectivity index (χ3v) is 1.60. The third-order valence-electron chi connectivity index (χ3n) is 1.04. The van der Waals surface area contributed by atoms with Gasteiger partial charge in [-0.05, 0) is 6.07 Å². The number of hydrogen-bond acceptors (Lipinski definition) is 6. The van der Waals surface area contributed by atoms with Crippen molar-refractivity contribution in [1.29, 1.82) is 0 Å². The van der Waals surface area contributed by atoms with Crippen LogP contribution in [0.5, 0.6) is 0 Å². The van der Waals surface area contributed by atoms with Crippen LogP contribution in [0.4, 0.5) is 0 Å². The average molecular weight is 186 g/mol. The van der Waals surface area contributed by atoms with Gasteiger partial charge in [-0.3, -0.25) is 9.78 Å². The summed E-state index contributed by atoms with van der Waals surface area (Å²) in [5.41, 5.74) is 0.473. The molecule has 0 aliphatic heterocycles. The van der Waals surface area contributed by atoms with Gasteiger partial charge < -0.3 is 0 Å². The molecule has 0 aliphatic carbocycles. The van der Waals surface area contributed by atoms with Crippen LogP contribution in [0.3, 0.4) is 0 Å². The highest BCUT2D eigenvalue weighted by Gasteiger charge is 1.97. The molecule has 0 bridgehead atoms. The largest absolute Gasteiger partial charge is 0.298 e. The van der Waals surface area contributed by atoms with E-state index in [1.807, 2.05) is 0 Å². The van der Waals surface area contributed by atoms with Gasteiger partial charge in [0.05, 0.1) is 16.9 Å². The molecule has 5 nitrogen and oxygen atoms in total. The molecule has 64 valence electrons. The number of aldehydes is 1. The summed E-state index contributed by atoms with van der Waals surface area (Å²) in [5, 5.41) is 0. The number of nitrogens with zero attached hydrogens (tertiary/aromatic N) is 1. The number of pyridine rings is 1. The molecule has 12 heavy (non-hydrogen) atoms. The van der Waals surface area contributed by atoms with E-state index in [-0.39, 0.29) is 0 Å². The van der Waals surface area contributed by atoms with Gasteiger partial charge in [-0.1, -0.05) is 0 Å². The van der Waals surface area contributed by atoms with E-state index in [0.29, 0.717) is 16.7 Å². The van der Waals surface area contributed by atoms with Gasteiger partial charge in [0.25, 0.3) is 0 Å². The first kappa shape index (κ1) is 9.14. The Labute approximate surface area is 73.0 Å². The lowest BCUT2D eigenvalue weighted by atomic mass is 10.3. The van der Waals surface area contributed by atoms with Gasteiger partial charge in [-0.2, -0.15) is 5.90 Å². The van der Waals surface area contributed by atoms with Crippen molar-refractivity contribution in [3.8, 4) is 0 Å². The van der Waals surface area contributed by atoms with E-state index in [0.717, 1.165) is 12.0 Å². The van der Waals surface area contributed by atoms with Crippen molar-refractivity contribution in [3.63, 3.8) is 0 Å². The van der Waals surface area contributed by atoms with Crippen LogP contribution in [0, 0.1) is 0 Å². The third kappa shape index (κ3) is 2.59. The van der Waals surface area contributed by atoms with E-state index in [1.165, 1.54) is 12.4 Å². The predicted octanol–water partition coefficient (Wildman–Crippen LogP) is 0.723. The highest BCUT2D eigenvalue weighted by atomic mass is 32.2. The molecular formula is C6H6N2O3S. The Hall–Kier alpha value is -0.950. The van der Waals surface area contributed by atoms with Crippen LogP contribution in [-0.4, -0.2) is 11.3 Å². The van der Waals surface area contributed by atoms with Crippen LogP contribution < -0.4 is 5.90 Å². The van der Waals surface area contributed by atoms with Gasteiger partial charge in [0, 0.05) is 18.0 Å². The van der Waals surface area contributed by atoms with Crippen molar-refractivity contribution in [2.24, 2.45) is 5.90 Å². The lowest BCUT2D eigenvalue weighted by Gasteiger charge is -1.96. The number of nitrogens with two attached hydrogens (primary N) is 1. The van der Waals surface area contributed by atoms with Crippen molar-refractivity contribution < 1.29 is 14.1 Å². The van der Waals surface area contributed by atoms with Crippen LogP contribution in [0.1, 0.15) is 10.4 Å². The summed E-state index contributed by atoms with van der Waals surface area (Å²) in [5.74, 6) is 4.61. The number of carbonyl (C=O) groups excluding carboxylic acids is 1. The van der Waals surface area contributed by atoms with Gasteiger partial charge in [0.15, 0.2) is 6.29 Å². The Morgan fingerprint density at radius 2 is 2.42 bits per heavy atom. The summed E-state index contributed by atoms with van der Waals surface area (Å²) in [6.45, 7) is 0. The van der Waals surface area contributed by atoms with Crippen LogP contribution in [0.2, 0.25) is 0 Å². The average Bonchev–Trinajstić information content (AvgIpc) is 2.15. The fourth-order valence-electron chi connectivity index (χ4n) is 0.605. The normalized spacial score (nSPS) is 9.75. The molecule has 0 spiro atoms. The summed E-state index contributed by atoms with van der Waals surface area (Å²) in [4.78, 5) is 18.6. The van der Waals surface area contributed by atoms with E-state index in [9.17, 15) is 4.79 Å². The molecule has 0 saturated heterocycles. The maximum atomic E-state index is 10.3. The van der Waals surface area contributed by atoms with Crippen molar-refractivity contribution in [3.05, 3.63) is 24.0 Å². The standard InChI is InChI=1S/C6H6N2O3S/c7-10-11-12-6-1-5(4-9)2-8-3-6/h1-4H,7H2. The fraction of sp³-hybridized carbons (Fsp3) is 0. The van der Waals surface area contributed by atoms with Gasteiger partial charge >= 0.3 is 0 Å². The molecule has 0 aromatic carbocycles. The van der Waals surface area contributed by atoms with Crippen molar-refractivity contribution >= 4 is 18.3 Å². The first-order valence-corrected chi connectivity index (χ1v) is 3.71. The molecule has 6 heteroatoms. The number of carbonyl (C=O) groups is 1. The lowest BCUT2D eigenvalue weighted by molar-refractivity contribution is -0.195. The second kappa shape index (κ2) is 4.83. The maximum Gasteiger partial charge on any atom is 0.151 e. The molecule has 0 radical (unpaired) electrons. The topological polar surface area (TPSA) is 74.4 Å². The molecule has 1 aromatic rings. The van der Waals surface area contributed by atoms with E-state index in [1.54, 1.807) is 6.07 Å². The van der Waals surface area contributed by atoms with Crippen LogP contribution >= 0.6 is 12.0 Å². The molecular weight excluding hydrogens is 180 g/mol. The summed E-state index contributed by atoms with van der Waals surface area (Å²) in [7, 11) is 0. The minimum Gasteiger partial charge on any atom is -0.298 e. The van der Waals surface area contributed by atoms with Gasteiger partial charge in [0.2, 0.25) is 0 Å². The first-order valence-electron chi connectivity index (χ1n) is 2.97. The molecule has 1 heterocycles. The molecule has 0 saturated carbocycles. The van der Waals surface area contributed by atoms with Crippen LogP contribution in [0.15, 0.2) is 23.4 Å². The molecule has 1 aromatic heterocycles. The number of hydrogen-bond donors (Lipinski definition) is 1. The molecule has 0 amide bonds. The zero-order valence-electron chi connectivity index (χ0n) is 5.97. The summed E-state index contributed by atoms with van der Waals surface area (Å²) >= 11 is 0.881. The SMILES string of the molecule is NOOSc1cncc(C=O)c1. The van der Waals surface area contributed by atoms with E-state index in [2.05, 4.69) is 20.2 Å².